The number of aromatic nitrogens is 2. The number of halogens is 2. The molecular weight excluding hydrogens is 599 g/mol. The van der Waals surface area contributed by atoms with E-state index < -0.39 is 45.0 Å². The van der Waals surface area contributed by atoms with Gasteiger partial charge in [0.15, 0.2) is 17.9 Å². The Labute approximate surface area is 245 Å². The lowest BCUT2D eigenvalue weighted by atomic mass is 10.2. The Morgan fingerprint density at radius 3 is 2.67 bits per heavy atom. The van der Waals surface area contributed by atoms with Crippen LogP contribution in [0.2, 0.25) is 0 Å². The summed E-state index contributed by atoms with van der Waals surface area (Å²) in [5.41, 5.74) is -0.633. The van der Waals surface area contributed by atoms with E-state index in [4.69, 9.17) is 32.7 Å². The van der Waals surface area contributed by atoms with Gasteiger partial charge >= 0.3 is 11.8 Å². The lowest BCUT2D eigenvalue weighted by Crippen LogP contribution is -2.35. The maximum Gasteiger partial charge on any atom is 0.413 e. The first-order valence-corrected chi connectivity index (χ1v) is 13.9. The molecule has 2 aromatic heterocycles. The Balaban J connectivity index is 0.00000119. The number of ether oxygens (including phenoxy) is 4. The molecule has 0 aliphatic carbocycles. The number of nitrogens with one attached hydrogen (secondary N) is 3. The first-order chi connectivity index (χ1) is 20.5. The van der Waals surface area contributed by atoms with Crippen molar-refractivity contribution >= 4 is 37.8 Å². The number of amides is 2. The van der Waals surface area contributed by atoms with Crippen LogP contribution >= 0.6 is 8.53 Å². The summed E-state index contributed by atoms with van der Waals surface area (Å²) in [7, 11) is 2.59. The van der Waals surface area contributed by atoms with Gasteiger partial charge < -0.3 is 38.1 Å². The number of anilines is 1. The van der Waals surface area contributed by atoms with Gasteiger partial charge in [-0.3, -0.25) is 19.8 Å². The zero-order valence-corrected chi connectivity index (χ0v) is 24.6. The molecule has 3 aromatic rings. The summed E-state index contributed by atoms with van der Waals surface area (Å²) in [6.07, 6.45) is -3.00. The predicted octanol–water partition coefficient (Wildman–Crippen LogP) is 2.89. The molecule has 1 aromatic carbocycles. The van der Waals surface area contributed by atoms with Gasteiger partial charge in [0.2, 0.25) is 12.6 Å². The molecule has 0 spiro atoms. The van der Waals surface area contributed by atoms with Crippen LogP contribution < -0.4 is 30.9 Å². The van der Waals surface area contributed by atoms with Crippen molar-refractivity contribution in [1.82, 2.24) is 20.0 Å². The molecule has 2 unspecified atom stereocenters. The van der Waals surface area contributed by atoms with Gasteiger partial charge in [-0.2, -0.15) is 4.98 Å². The van der Waals surface area contributed by atoms with Crippen LogP contribution in [0.25, 0.3) is 11.0 Å². The largest absolute Gasteiger partial charge is 0.497 e. The normalized spacial score (nSPS) is 17.8. The Morgan fingerprint density at radius 1 is 1.30 bits per heavy atom. The zero-order valence-electron chi connectivity index (χ0n) is 23.7. The predicted molar refractivity (Wildman–Crippen MR) is 149 cm³/mol. The molecule has 18 heteroatoms. The van der Waals surface area contributed by atoms with Gasteiger partial charge in [0, 0.05) is 37.7 Å². The van der Waals surface area contributed by atoms with E-state index in [2.05, 4.69) is 20.7 Å². The van der Waals surface area contributed by atoms with Crippen molar-refractivity contribution in [3.8, 4) is 11.5 Å². The van der Waals surface area contributed by atoms with Crippen LogP contribution in [0, 0.1) is 0 Å². The van der Waals surface area contributed by atoms with Crippen LogP contribution in [0.1, 0.15) is 25.3 Å². The summed E-state index contributed by atoms with van der Waals surface area (Å²) in [4.78, 5) is 47.0. The van der Waals surface area contributed by atoms with E-state index in [-0.39, 0.29) is 19.0 Å². The van der Waals surface area contributed by atoms with Gasteiger partial charge in [-0.1, -0.05) is 6.92 Å². The number of hydrogen-bond acceptors (Lipinski definition) is 12. The molecule has 0 bridgehead atoms. The molecule has 1 fully saturated rings. The standard InChI is InChI=1S/C23H27F2N4O9P.C2H5NO/c1-4-26-39(32)36-12-16-10-23(24,25)20(38-16)29-6-5-18(27-21(29)30)28-22(31)35-11-15-8-13-7-14(33-2)9-17(34-3)19(13)37-15;1-3-2-4/h5-9,16,20,26,32H,4,10-12H2,1-3H3,(H,27,28,30,31);2H,1H3,(H,3,4)/t16-,20?,39?;/m0./s1. The molecule has 3 heterocycles. The highest BCUT2D eigenvalue weighted by atomic mass is 31.2. The highest BCUT2D eigenvalue weighted by molar-refractivity contribution is 7.43. The van der Waals surface area contributed by atoms with E-state index in [9.17, 15) is 23.3 Å². The van der Waals surface area contributed by atoms with Crippen LogP contribution in [-0.2, 0) is 25.4 Å². The number of carbonyl (C=O) groups is 2. The Kier molecular flexibility index (Phi) is 12.1. The molecule has 4 N–H and O–H groups in total. The number of nitrogens with zero attached hydrogens (tertiary/aromatic N) is 2. The third kappa shape index (κ3) is 9.05. The first kappa shape index (κ1) is 33.6. The van der Waals surface area contributed by atoms with E-state index in [0.717, 1.165) is 12.3 Å². The number of furan rings is 1. The molecule has 15 nitrogen and oxygen atoms in total. The Hall–Kier alpha value is -3.89. The summed E-state index contributed by atoms with van der Waals surface area (Å²) in [5.74, 6) is -2.31. The minimum absolute atomic E-state index is 0.213. The van der Waals surface area contributed by atoms with Crippen LogP contribution in [0.5, 0.6) is 11.5 Å². The number of fused-ring (bicyclic) bond motifs is 1. The quantitative estimate of drug-likeness (QED) is 0.170. The number of methoxy groups -OCH3 is 2. The number of hydrogen-bond donors (Lipinski definition) is 4. The number of benzene rings is 1. The summed E-state index contributed by atoms with van der Waals surface area (Å²) in [5, 5.41) is 7.82. The van der Waals surface area contributed by atoms with Gasteiger partial charge in [0.1, 0.15) is 17.3 Å². The van der Waals surface area contributed by atoms with Crippen molar-refractivity contribution in [3.63, 3.8) is 0 Å². The fraction of sp³-hybridized carbons (Fsp3) is 0.440. The first-order valence-electron chi connectivity index (χ1n) is 12.7. The van der Waals surface area contributed by atoms with E-state index >= 15 is 0 Å². The van der Waals surface area contributed by atoms with Gasteiger partial charge in [0.25, 0.3) is 14.4 Å². The molecule has 236 valence electrons. The number of rotatable bonds is 12. The molecule has 0 radical (unpaired) electrons. The smallest absolute Gasteiger partial charge is 0.413 e. The second-order valence-electron chi connectivity index (χ2n) is 8.73. The molecule has 1 saturated heterocycles. The Bertz CT molecular complexity index is 1440. The van der Waals surface area contributed by atoms with Crippen LogP contribution in [0.3, 0.4) is 0 Å². The topological polar surface area (TPSA) is 185 Å². The van der Waals surface area contributed by atoms with Gasteiger partial charge in [-0.15, -0.1) is 0 Å². The van der Waals surface area contributed by atoms with Crippen LogP contribution in [0.15, 0.2) is 39.7 Å². The second-order valence-corrected chi connectivity index (χ2v) is 9.85. The summed E-state index contributed by atoms with van der Waals surface area (Å²) >= 11 is 0. The molecular formula is C25H32F2N5O10P. The van der Waals surface area contributed by atoms with Crippen molar-refractivity contribution in [2.45, 2.75) is 38.2 Å². The number of alkyl halides is 2. The van der Waals surface area contributed by atoms with Crippen molar-refractivity contribution in [3.05, 3.63) is 46.7 Å². The molecule has 43 heavy (non-hydrogen) atoms. The maximum atomic E-state index is 14.6. The lowest BCUT2D eigenvalue weighted by molar-refractivity contribution is -0.119. The summed E-state index contributed by atoms with van der Waals surface area (Å²) < 4.78 is 61.5. The van der Waals surface area contributed by atoms with E-state index in [1.807, 2.05) is 0 Å². The lowest BCUT2D eigenvalue weighted by Gasteiger charge is -2.20. The minimum Gasteiger partial charge on any atom is -0.497 e. The van der Waals surface area contributed by atoms with Gasteiger partial charge in [-0.25, -0.2) is 18.4 Å². The average molecular weight is 632 g/mol. The monoisotopic (exact) mass is 631 g/mol. The van der Waals surface area contributed by atoms with E-state index in [1.54, 1.807) is 32.2 Å². The highest BCUT2D eigenvalue weighted by Crippen LogP contribution is 2.43. The molecule has 1 aliphatic rings. The average Bonchev–Trinajstić information content (AvgIpc) is 3.54. The maximum absolute atomic E-state index is 14.6. The fourth-order valence-corrected chi connectivity index (χ4v) is 4.53. The SMILES string of the molecule is CCNP(O)OC[C@@H]1CC(F)(F)C(n2ccc(NC(=O)OCc3cc4cc(OC)cc(OC)c4o3)nc2=O)O1.CNC=O. The molecule has 1 aliphatic heterocycles. The second kappa shape index (κ2) is 15.5. The number of carbonyl (C=O) groups excluding carboxylic acids is 2. The highest BCUT2D eigenvalue weighted by Gasteiger charge is 2.52. The van der Waals surface area contributed by atoms with Gasteiger partial charge in [-0.05, 0) is 18.2 Å². The molecule has 4 rings (SSSR count). The molecule has 2 amide bonds. The van der Waals surface area contributed by atoms with Crippen LogP contribution in [0.4, 0.5) is 19.4 Å². The van der Waals surface area contributed by atoms with Crippen molar-refractivity contribution < 1.29 is 51.2 Å². The van der Waals surface area contributed by atoms with Crippen molar-refractivity contribution in [2.24, 2.45) is 0 Å². The fourth-order valence-electron chi connectivity index (χ4n) is 3.86. The van der Waals surface area contributed by atoms with Crippen LogP contribution in [-0.4, -0.2) is 73.4 Å². The molecule has 0 saturated carbocycles. The summed E-state index contributed by atoms with van der Waals surface area (Å²) in [6, 6.07) is 6.18. The third-order valence-electron chi connectivity index (χ3n) is 5.70. The van der Waals surface area contributed by atoms with E-state index in [0.29, 0.717) is 45.8 Å². The van der Waals surface area contributed by atoms with Crippen molar-refractivity contribution in [2.75, 3.05) is 39.7 Å². The third-order valence-corrected chi connectivity index (χ3v) is 6.68. The molecule has 3 atom stereocenters. The van der Waals surface area contributed by atoms with E-state index in [1.165, 1.54) is 14.2 Å². The Morgan fingerprint density at radius 2 is 2.05 bits per heavy atom. The summed E-state index contributed by atoms with van der Waals surface area (Å²) in [6.45, 7) is 1.64. The zero-order chi connectivity index (χ0) is 31.6. The minimum atomic E-state index is -3.40. The van der Waals surface area contributed by atoms with Gasteiger partial charge in [0.05, 0.1) is 26.9 Å². The van der Waals surface area contributed by atoms with Crippen molar-refractivity contribution in [1.29, 1.82) is 0 Å².